The van der Waals surface area contributed by atoms with Crippen molar-refractivity contribution in [1.29, 1.82) is 0 Å². The fourth-order valence-electron chi connectivity index (χ4n) is 2.28. The molecule has 0 aliphatic rings. The molecule has 0 aromatic heterocycles. The number of carbonyl (C=O) groups excluding carboxylic acids is 1. The normalized spacial score (nSPS) is 11.0. The van der Waals surface area contributed by atoms with Crippen LogP contribution in [0.2, 0.25) is 0 Å². The fourth-order valence-corrected chi connectivity index (χ4v) is 3.41. The molecule has 0 heterocycles. The Bertz CT molecular complexity index is 851. The second-order valence-electron chi connectivity index (χ2n) is 5.75. The highest BCUT2D eigenvalue weighted by atomic mass is 32.2. The van der Waals surface area contributed by atoms with Gasteiger partial charge in [-0.05, 0) is 36.8 Å². The van der Waals surface area contributed by atoms with Gasteiger partial charge in [0.2, 0.25) is 10.0 Å². The summed E-state index contributed by atoms with van der Waals surface area (Å²) < 4.78 is 37.2. The third-order valence-corrected chi connectivity index (χ3v) is 5.19. The number of methoxy groups -OCH3 is 1. The van der Waals surface area contributed by atoms with Crippen LogP contribution in [0.25, 0.3) is 0 Å². The topological polar surface area (TPSA) is 93.7 Å². The zero-order chi connectivity index (χ0) is 19.7. The Morgan fingerprint density at radius 1 is 1.07 bits per heavy atom. The van der Waals surface area contributed by atoms with Crippen LogP contribution in [0.4, 0.5) is 0 Å². The van der Waals surface area contributed by atoms with E-state index in [-0.39, 0.29) is 17.4 Å². The largest absolute Gasteiger partial charge is 0.496 e. The monoisotopic (exact) mass is 392 g/mol. The molecule has 0 saturated carbocycles. The molecule has 0 unspecified atom stereocenters. The van der Waals surface area contributed by atoms with Crippen molar-refractivity contribution in [3.8, 4) is 11.5 Å². The molecule has 0 fully saturated rings. The van der Waals surface area contributed by atoms with Crippen molar-refractivity contribution < 1.29 is 22.7 Å². The Labute approximate surface area is 159 Å². The maximum atomic E-state index is 12.0. The fraction of sp³-hybridized carbons (Fsp3) is 0.316. The molecule has 8 heteroatoms. The van der Waals surface area contributed by atoms with Crippen LogP contribution in [0.15, 0.2) is 53.4 Å². The third kappa shape index (κ3) is 6.26. The molecule has 0 saturated heterocycles. The molecular formula is C19H24N2O5S. The van der Waals surface area contributed by atoms with Gasteiger partial charge in [0.05, 0.1) is 12.0 Å². The van der Waals surface area contributed by atoms with E-state index in [1.165, 1.54) is 24.3 Å². The van der Waals surface area contributed by atoms with Crippen molar-refractivity contribution >= 4 is 15.9 Å². The lowest BCUT2D eigenvalue weighted by molar-refractivity contribution is -0.123. The molecule has 2 rings (SSSR count). The van der Waals surface area contributed by atoms with E-state index in [0.29, 0.717) is 31.0 Å². The molecule has 1 amide bonds. The second-order valence-corrected chi connectivity index (χ2v) is 7.51. The zero-order valence-corrected chi connectivity index (χ0v) is 16.2. The number of sulfonamides is 1. The van der Waals surface area contributed by atoms with Crippen molar-refractivity contribution in [2.45, 2.75) is 24.8 Å². The van der Waals surface area contributed by atoms with Crippen LogP contribution in [0.5, 0.6) is 11.5 Å². The van der Waals surface area contributed by atoms with Gasteiger partial charge in [0.25, 0.3) is 5.91 Å². The van der Waals surface area contributed by atoms with E-state index < -0.39 is 10.0 Å². The smallest absolute Gasteiger partial charge is 0.258 e. The summed E-state index contributed by atoms with van der Waals surface area (Å²) in [4.78, 5) is 12.1. The number of benzene rings is 2. The molecule has 0 radical (unpaired) electrons. The Morgan fingerprint density at radius 3 is 2.44 bits per heavy atom. The molecular weight excluding hydrogens is 368 g/mol. The molecule has 0 aliphatic carbocycles. The minimum absolute atomic E-state index is 0.156. The van der Waals surface area contributed by atoms with Crippen LogP contribution in [-0.2, 0) is 21.4 Å². The van der Waals surface area contributed by atoms with Gasteiger partial charge in [0.1, 0.15) is 11.5 Å². The van der Waals surface area contributed by atoms with E-state index in [1.54, 1.807) is 7.11 Å². The molecule has 27 heavy (non-hydrogen) atoms. The number of ether oxygens (including phenoxy) is 2. The van der Waals surface area contributed by atoms with Gasteiger partial charge < -0.3 is 14.8 Å². The third-order valence-electron chi connectivity index (χ3n) is 3.71. The van der Waals surface area contributed by atoms with E-state index in [2.05, 4.69) is 10.0 Å². The summed E-state index contributed by atoms with van der Waals surface area (Å²) in [6, 6.07) is 13.3. The Hall–Kier alpha value is -2.58. The maximum Gasteiger partial charge on any atom is 0.258 e. The van der Waals surface area contributed by atoms with Crippen molar-refractivity contribution in [3.05, 3.63) is 54.1 Å². The summed E-state index contributed by atoms with van der Waals surface area (Å²) in [7, 11) is -1.94. The van der Waals surface area contributed by atoms with E-state index >= 15 is 0 Å². The first-order valence-electron chi connectivity index (χ1n) is 8.57. The van der Waals surface area contributed by atoms with Crippen LogP contribution in [-0.4, -0.2) is 34.6 Å². The van der Waals surface area contributed by atoms with Gasteiger partial charge in [-0.15, -0.1) is 0 Å². The first-order valence-corrected chi connectivity index (χ1v) is 10.1. The highest BCUT2D eigenvalue weighted by Gasteiger charge is 2.13. The van der Waals surface area contributed by atoms with Gasteiger partial charge in [0, 0.05) is 18.7 Å². The number of carbonyl (C=O) groups is 1. The first-order chi connectivity index (χ1) is 13.0. The number of rotatable bonds is 10. The van der Waals surface area contributed by atoms with E-state index in [0.717, 1.165) is 5.56 Å². The predicted octanol–water partition coefficient (Wildman–Crippen LogP) is 2.08. The van der Waals surface area contributed by atoms with Gasteiger partial charge in [0.15, 0.2) is 6.61 Å². The highest BCUT2D eigenvalue weighted by Crippen LogP contribution is 2.17. The van der Waals surface area contributed by atoms with Crippen molar-refractivity contribution in [2.24, 2.45) is 0 Å². The second kappa shape index (κ2) is 9.94. The van der Waals surface area contributed by atoms with Crippen LogP contribution in [0.1, 0.15) is 18.9 Å². The van der Waals surface area contributed by atoms with Crippen molar-refractivity contribution in [2.75, 3.05) is 20.3 Å². The summed E-state index contributed by atoms with van der Waals surface area (Å²) in [6.07, 6.45) is 0.713. The summed E-state index contributed by atoms with van der Waals surface area (Å²) in [5.41, 5.74) is 0.863. The van der Waals surface area contributed by atoms with Gasteiger partial charge in [-0.2, -0.15) is 0 Å². The molecule has 0 bridgehead atoms. The molecule has 0 aliphatic heterocycles. The lowest BCUT2D eigenvalue weighted by Crippen LogP contribution is -2.28. The summed E-state index contributed by atoms with van der Waals surface area (Å²) in [6.45, 7) is 2.42. The summed E-state index contributed by atoms with van der Waals surface area (Å²) >= 11 is 0. The molecule has 0 spiro atoms. The number of hydrogen-bond acceptors (Lipinski definition) is 5. The average Bonchev–Trinajstić information content (AvgIpc) is 2.69. The Balaban J connectivity index is 1.84. The molecule has 7 nitrogen and oxygen atoms in total. The maximum absolute atomic E-state index is 12.0. The van der Waals surface area contributed by atoms with E-state index in [4.69, 9.17) is 9.47 Å². The van der Waals surface area contributed by atoms with Crippen LogP contribution in [0.3, 0.4) is 0 Å². The summed E-state index contributed by atoms with van der Waals surface area (Å²) in [5.74, 6) is 0.825. The van der Waals surface area contributed by atoms with Crippen LogP contribution in [0, 0.1) is 0 Å². The van der Waals surface area contributed by atoms with Crippen molar-refractivity contribution in [3.63, 3.8) is 0 Å². The van der Waals surface area contributed by atoms with Crippen LogP contribution >= 0.6 is 0 Å². The van der Waals surface area contributed by atoms with Gasteiger partial charge in [-0.25, -0.2) is 13.1 Å². The Kier molecular flexibility index (Phi) is 7.63. The van der Waals surface area contributed by atoms with Gasteiger partial charge in [-0.3, -0.25) is 4.79 Å². The molecule has 146 valence electrons. The number of hydrogen-bond donors (Lipinski definition) is 2. The standard InChI is InChI=1S/C19H24N2O5S/c1-3-12-21-27(23,24)17-10-8-16(9-11-17)26-14-19(22)20-13-15-6-4-5-7-18(15)25-2/h4-11,21H,3,12-14H2,1-2H3,(H,20,22). The predicted molar refractivity (Wildman–Crippen MR) is 102 cm³/mol. The van der Waals surface area contributed by atoms with E-state index in [1.807, 2.05) is 31.2 Å². The number of nitrogens with one attached hydrogen (secondary N) is 2. The SMILES string of the molecule is CCCNS(=O)(=O)c1ccc(OCC(=O)NCc2ccccc2OC)cc1. The number of amides is 1. The number of para-hydroxylation sites is 1. The quantitative estimate of drug-likeness (QED) is 0.646. The highest BCUT2D eigenvalue weighted by molar-refractivity contribution is 7.89. The van der Waals surface area contributed by atoms with Gasteiger partial charge >= 0.3 is 0 Å². The molecule has 2 aromatic rings. The molecule has 0 atom stereocenters. The van der Waals surface area contributed by atoms with Gasteiger partial charge in [-0.1, -0.05) is 25.1 Å². The zero-order valence-electron chi connectivity index (χ0n) is 15.4. The summed E-state index contributed by atoms with van der Waals surface area (Å²) in [5, 5.41) is 2.75. The average molecular weight is 392 g/mol. The first kappa shape index (κ1) is 20.7. The lowest BCUT2D eigenvalue weighted by atomic mass is 10.2. The molecule has 2 N–H and O–H groups in total. The lowest BCUT2D eigenvalue weighted by Gasteiger charge is -2.11. The molecule has 2 aromatic carbocycles. The minimum atomic E-state index is -3.51. The minimum Gasteiger partial charge on any atom is -0.496 e. The van der Waals surface area contributed by atoms with Crippen molar-refractivity contribution in [1.82, 2.24) is 10.0 Å². The Morgan fingerprint density at radius 2 is 1.78 bits per heavy atom. The van der Waals surface area contributed by atoms with Crippen LogP contribution < -0.4 is 19.5 Å². The van der Waals surface area contributed by atoms with E-state index in [9.17, 15) is 13.2 Å².